The molecule has 0 fully saturated rings. The maximum Gasteiger partial charge on any atom is 0.152 e. The number of hydrogen-bond acceptors (Lipinski definition) is 1. The zero-order valence-corrected chi connectivity index (χ0v) is 8.53. The summed E-state index contributed by atoms with van der Waals surface area (Å²) in [6.45, 7) is 3.53. The summed E-state index contributed by atoms with van der Waals surface area (Å²) >= 11 is 0. The number of carbonyl (C=O) groups excluding carboxylic acids is 1. The van der Waals surface area contributed by atoms with Crippen molar-refractivity contribution >= 4 is 11.9 Å². The van der Waals surface area contributed by atoms with Gasteiger partial charge >= 0.3 is 0 Å². The molecule has 0 bridgehead atoms. The molecule has 0 amide bonds. The molecule has 0 aliphatic heterocycles. The van der Waals surface area contributed by atoms with Gasteiger partial charge in [0.1, 0.15) is 0 Å². The van der Waals surface area contributed by atoms with E-state index in [1.807, 2.05) is 49.4 Å². The number of benzene rings is 1. The van der Waals surface area contributed by atoms with Crippen LogP contribution in [0.2, 0.25) is 0 Å². The SMILES string of the molecule is CC(=O)C=CC(C)=Cc1ccccc1. The molecule has 0 aliphatic rings. The highest BCUT2D eigenvalue weighted by Gasteiger charge is 1.87. The van der Waals surface area contributed by atoms with Crippen molar-refractivity contribution in [2.45, 2.75) is 13.8 Å². The molecule has 0 aromatic heterocycles. The van der Waals surface area contributed by atoms with Crippen molar-refractivity contribution in [2.75, 3.05) is 0 Å². The van der Waals surface area contributed by atoms with E-state index in [0.29, 0.717) is 0 Å². The maximum atomic E-state index is 10.7. The average molecular weight is 186 g/mol. The number of allylic oxidation sites excluding steroid dienone is 3. The third-order valence-corrected chi connectivity index (χ3v) is 1.77. The van der Waals surface area contributed by atoms with Gasteiger partial charge in [0.25, 0.3) is 0 Å². The summed E-state index contributed by atoms with van der Waals surface area (Å²) in [6, 6.07) is 10.0. The van der Waals surface area contributed by atoms with Crippen LogP contribution in [0.15, 0.2) is 48.1 Å². The Kier molecular flexibility index (Phi) is 3.86. The predicted molar refractivity (Wildman–Crippen MR) is 59.9 cm³/mol. The van der Waals surface area contributed by atoms with E-state index >= 15 is 0 Å². The maximum absolute atomic E-state index is 10.7. The Morgan fingerprint density at radius 3 is 2.29 bits per heavy atom. The highest BCUT2D eigenvalue weighted by atomic mass is 16.1. The molecular formula is C13H14O. The van der Waals surface area contributed by atoms with Crippen LogP contribution in [-0.4, -0.2) is 5.78 Å². The van der Waals surface area contributed by atoms with Crippen molar-refractivity contribution in [3.63, 3.8) is 0 Å². The molecule has 14 heavy (non-hydrogen) atoms. The Balaban J connectivity index is 2.74. The Hall–Kier alpha value is -1.63. The van der Waals surface area contributed by atoms with E-state index in [-0.39, 0.29) is 5.78 Å². The lowest BCUT2D eigenvalue weighted by Crippen LogP contribution is -1.80. The minimum atomic E-state index is 0.0748. The topological polar surface area (TPSA) is 17.1 Å². The molecule has 0 N–H and O–H groups in total. The fourth-order valence-corrected chi connectivity index (χ4v) is 1.11. The highest BCUT2D eigenvalue weighted by Crippen LogP contribution is 2.06. The first kappa shape index (κ1) is 10.5. The van der Waals surface area contributed by atoms with E-state index in [4.69, 9.17) is 0 Å². The molecule has 0 saturated heterocycles. The monoisotopic (exact) mass is 186 g/mol. The molecule has 72 valence electrons. The van der Waals surface area contributed by atoms with Crippen molar-refractivity contribution < 1.29 is 4.79 Å². The van der Waals surface area contributed by atoms with E-state index in [1.165, 1.54) is 0 Å². The van der Waals surface area contributed by atoms with Gasteiger partial charge in [-0.05, 0) is 25.5 Å². The summed E-state index contributed by atoms with van der Waals surface area (Å²) in [4.78, 5) is 10.7. The first-order valence-corrected chi connectivity index (χ1v) is 4.60. The van der Waals surface area contributed by atoms with E-state index in [1.54, 1.807) is 13.0 Å². The van der Waals surface area contributed by atoms with Gasteiger partial charge in [-0.2, -0.15) is 0 Å². The third-order valence-electron chi connectivity index (χ3n) is 1.77. The molecule has 1 aromatic carbocycles. The van der Waals surface area contributed by atoms with Crippen molar-refractivity contribution in [1.29, 1.82) is 0 Å². The molecular weight excluding hydrogens is 172 g/mol. The van der Waals surface area contributed by atoms with Gasteiger partial charge in [-0.3, -0.25) is 4.79 Å². The quantitative estimate of drug-likeness (QED) is 0.523. The van der Waals surface area contributed by atoms with Crippen LogP contribution < -0.4 is 0 Å². The summed E-state index contributed by atoms with van der Waals surface area (Å²) in [5, 5.41) is 0. The zero-order chi connectivity index (χ0) is 10.4. The number of rotatable bonds is 3. The highest BCUT2D eigenvalue weighted by molar-refractivity contribution is 5.87. The Morgan fingerprint density at radius 1 is 1.07 bits per heavy atom. The van der Waals surface area contributed by atoms with Crippen LogP contribution in [0.1, 0.15) is 19.4 Å². The lowest BCUT2D eigenvalue weighted by Gasteiger charge is -1.93. The van der Waals surface area contributed by atoms with Gasteiger partial charge in [0.05, 0.1) is 0 Å². The van der Waals surface area contributed by atoms with Crippen LogP contribution in [0, 0.1) is 0 Å². The van der Waals surface area contributed by atoms with Crippen molar-refractivity contribution in [3.8, 4) is 0 Å². The van der Waals surface area contributed by atoms with E-state index in [2.05, 4.69) is 0 Å². The van der Waals surface area contributed by atoms with Crippen molar-refractivity contribution in [1.82, 2.24) is 0 Å². The van der Waals surface area contributed by atoms with Gasteiger partial charge in [0.15, 0.2) is 5.78 Å². The van der Waals surface area contributed by atoms with Crippen LogP contribution in [0.25, 0.3) is 6.08 Å². The molecule has 0 aliphatic carbocycles. The average Bonchev–Trinajstić information content (AvgIpc) is 2.16. The van der Waals surface area contributed by atoms with Crippen LogP contribution in [0.4, 0.5) is 0 Å². The minimum Gasteiger partial charge on any atom is -0.295 e. The Morgan fingerprint density at radius 2 is 1.71 bits per heavy atom. The zero-order valence-electron chi connectivity index (χ0n) is 8.53. The van der Waals surface area contributed by atoms with Gasteiger partial charge in [-0.25, -0.2) is 0 Å². The first-order valence-electron chi connectivity index (χ1n) is 4.60. The van der Waals surface area contributed by atoms with Crippen LogP contribution >= 0.6 is 0 Å². The second-order valence-electron chi connectivity index (χ2n) is 3.24. The summed E-state index contributed by atoms with van der Waals surface area (Å²) in [6.07, 6.45) is 5.45. The number of carbonyl (C=O) groups is 1. The Bertz CT molecular complexity index is 358. The molecule has 0 radical (unpaired) electrons. The van der Waals surface area contributed by atoms with Crippen molar-refractivity contribution in [2.24, 2.45) is 0 Å². The number of ketones is 1. The summed E-state index contributed by atoms with van der Waals surface area (Å²) < 4.78 is 0. The first-order chi connectivity index (χ1) is 6.68. The van der Waals surface area contributed by atoms with E-state index in [0.717, 1.165) is 11.1 Å². The van der Waals surface area contributed by atoms with Gasteiger partial charge in [-0.1, -0.05) is 48.1 Å². The summed E-state index contributed by atoms with van der Waals surface area (Å²) in [5.74, 6) is 0.0748. The molecule has 0 atom stereocenters. The number of hydrogen-bond donors (Lipinski definition) is 0. The Labute approximate surface area is 84.8 Å². The fourth-order valence-electron chi connectivity index (χ4n) is 1.11. The van der Waals surface area contributed by atoms with Gasteiger partial charge in [0, 0.05) is 0 Å². The minimum absolute atomic E-state index is 0.0748. The van der Waals surface area contributed by atoms with Gasteiger partial charge < -0.3 is 0 Å². The van der Waals surface area contributed by atoms with E-state index in [9.17, 15) is 4.79 Å². The normalized spacial score (nSPS) is 12.0. The third kappa shape index (κ3) is 3.85. The predicted octanol–water partition coefficient (Wildman–Crippen LogP) is 3.24. The van der Waals surface area contributed by atoms with Gasteiger partial charge in [-0.15, -0.1) is 0 Å². The van der Waals surface area contributed by atoms with Crippen molar-refractivity contribution in [3.05, 3.63) is 53.6 Å². The smallest absolute Gasteiger partial charge is 0.152 e. The van der Waals surface area contributed by atoms with Crippen LogP contribution in [-0.2, 0) is 4.79 Å². The molecule has 1 nitrogen and oxygen atoms in total. The molecule has 1 heteroatoms. The fraction of sp³-hybridized carbons (Fsp3) is 0.154. The molecule has 1 aromatic rings. The lowest BCUT2D eigenvalue weighted by atomic mass is 10.1. The molecule has 0 unspecified atom stereocenters. The second kappa shape index (κ2) is 5.18. The molecule has 0 heterocycles. The second-order valence-corrected chi connectivity index (χ2v) is 3.24. The molecule has 1 rings (SSSR count). The summed E-state index contributed by atoms with van der Waals surface area (Å²) in [5.41, 5.74) is 2.23. The molecule has 0 saturated carbocycles. The van der Waals surface area contributed by atoms with Crippen LogP contribution in [0.3, 0.4) is 0 Å². The van der Waals surface area contributed by atoms with Crippen LogP contribution in [0.5, 0.6) is 0 Å². The standard InChI is InChI=1S/C13H14O/c1-11(8-9-12(2)14)10-13-6-4-3-5-7-13/h3-10H,1-2H3. The van der Waals surface area contributed by atoms with E-state index < -0.39 is 0 Å². The lowest BCUT2D eigenvalue weighted by molar-refractivity contribution is -0.112. The molecule has 0 spiro atoms. The summed E-state index contributed by atoms with van der Waals surface area (Å²) in [7, 11) is 0. The van der Waals surface area contributed by atoms with Gasteiger partial charge in [0.2, 0.25) is 0 Å². The largest absolute Gasteiger partial charge is 0.295 e.